The zero-order valence-corrected chi connectivity index (χ0v) is 11.7. The fraction of sp³-hybridized carbons (Fsp3) is 0.600. The van der Waals surface area contributed by atoms with Gasteiger partial charge >= 0.3 is 6.18 Å². The minimum absolute atomic E-state index is 0.0139. The quantitative estimate of drug-likeness (QED) is 0.788. The Morgan fingerprint density at radius 1 is 1.29 bits per heavy atom. The summed E-state index contributed by atoms with van der Waals surface area (Å²) in [6.45, 7) is 0.667. The Bertz CT molecular complexity index is 469. The highest BCUT2D eigenvalue weighted by molar-refractivity contribution is 5.33. The normalized spacial score (nSPS) is 17.6. The smallest absolute Gasteiger partial charge is 0.329 e. The molecule has 1 aliphatic rings. The van der Waals surface area contributed by atoms with Gasteiger partial charge in [0.05, 0.1) is 5.56 Å². The fourth-order valence-corrected chi connectivity index (χ4v) is 2.64. The van der Waals surface area contributed by atoms with Crippen molar-refractivity contribution in [3.63, 3.8) is 0 Å². The first kappa shape index (κ1) is 16.2. The summed E-state index contributed by atoms with van der Waals surface area (Å²) in [6.07, 6.45) is -0.0145. The van der Waals surface area contributed by atoms with Gasteiger partial charge in [0.25, 0.3) is 0 Å². The van der Waals surface area contributed by atoms with E-state index < -0.39 is 23.6 Å². The molecule has 0 saturated heterocycles. The molecule has 0 spiro atoms. The number of hydrogen-bond acceptors (Lipinski definition) is 2. The van der Waals surface area contributed by atoms with Crippen LogP contribution in [0.15, 0.2) is 18.2 Å². The van der Waals surface area contributed by atoms with Gasteiger partial charge in [0, 0.05) is 12.6 Å². The van der Waals surface area contributed by atoms with Crippen molar-refractivity contribution in [2.45, 2.75) is 37.9 Å². The van der Waals surface area contributed by atoms with Crippen LogP contribution in [0.5, 0.6) is 0 Å². The van der Waals surface area contributed by atoms with Gasteiger partial charge in [0.15, 0.2) is 0 Å². The summed E-state index contributed by atoms with van der Waals surface area (Å²) in [5.41, 5.74) is 4.66. The summed E-state index contributed by atoms with van der Waals surface area (Å²) in [5.74, 6) is -0.220. The molecule has 2 rings (SSSR count). The molecule has 1 saturated carbocycles. The van der Waals surface area contributed by atoms with Gasteiger partial charge in [0.2, 0.25) is 0 Å². The molecule has 0 heterocycles. The second kappa shape index (κ2) is 6.75. The topological polar surface area (TPSA) is 38.0 Å². The Morgan fingerprint density at radius 2 is 2.00 bits per heavy atom. The number of benzene rings is 1. The van der Waals surface area contributed by atoms with E-state index in [9.17, 15) is 17.6 Å². The molecular weight excluding hydrogens is 284 g/mol. The summed E-state index contributed by atoms with van der Waals surface area (Å²) in [7, 11) is 0. The third-order valence-electron chi connectivity index (χ3n) is 4.10. The summed E-state index contributed by atoms with van der Waals surface area (Å²) < 4.78 is 52.1. The van der Waals surface area contributed by atoms with E-state index in [0.29, 0.717) is 18.5 Å². The molecule has 6 heteroatoms. The summed E-state index contributed by atoms with van der Waals surface area (Å²) in [6, 6.07) is 2.14. The summed E-state index contributed by atoms with van der Waals surface area (Å²) in [5, 5.41) is 3.07. The molecule has 118 valence electrons. The zero-order chi connectivity index (χ0) is 15.5. The van der Waals surface area contributed by atoms with Crippen molar-refractivity contribution in [3.05, 3.63) is 35.1 Å². The Kier molecular flexibility index (Phi) is 5.22. The van der Waals surface area contributed by atoms with E-state index in [-0.39, 0.29) is 12.1 Å². The van der Waals surface area contributed by atoms with Crippen molar-refractivity contribution in [3.8, 4) is 0 Å². The van der Waals surface area contributed by atoms with Crippen LogP contribution in [0.3, 0.4) is 0 Å². The Labute approximate surface area is 121 Å². The minimum Gasteiger partial charge on any atom is -0.329 e. The van der Waals surface area contributed by atoms with Crippen molar-refractivity contribution in [2.24, 2.45) is 11.7 Å². The van der Waals surface area contributed by atoms with Crippen molar-refractivity contribution in [1.82, 2.24) is 5.32 Å². The molecule has 0 amide bonds. The molecule has 1 atom stereocenters. The van der Waals surface area contributed by atoms with E-state index in [1.807, 2.05) is 0 Å². The molecule has 1 aromatic carbocycles. The van der Waals surface area contributed by atoms with Gasteiger partial charge in [-0.05, 0) is 36.6 Å². The van der Waals surface area contributed by atoms with E-state index >= 15 is 0 Å². The lowest BCUT2D eigenvalue weighted by Crippen LogP contribution is -2.32. The highest BCUT2D eigenvalue weighted by Crippen LogP contribution is 2.35. The van der Waals surface area contributed by atoms with Gasteiger partial charge in [-0.1, -0.05) is 25.3 Å². The molecule has 0 aliphatic heterocycles. The van der Waals surface area contributed by atoms with Gasteiger partial charge in [-0.15, -0.1) is 0 Å². The van der Waals surface area contributed by atoms with Crippen LogP contribution in [-0.4, -0.2) is 13.1 Å². The van der Waals surface area contributed by atoms with E-state index in [2.05, 4.69) is 5.32 Å². The Hall–Kier alpha value is -1.14. The van der Waals surface area contributed by atoms with Gasteiger partial charge in [-0.25, -0.2) is 4.39 Å². The van der Waals surface area contributed by atoms with Crippen LogP contribution >= 0.6 is 0 Å². The van der Waals surface area contributed by atoms with E-state index in [1.54, 1.807) is 0 Å². The lowest BCUT2D eigenvalue weighted by molar-refractivity contribution is -0.138. The first-order valence-electron chi connectivity index (χ1n) is 7.22. The van der Waals surface area contributed by atoms with Crippen molar-refractivity contribution < 1.29 is 17.6 Å². The van der Waals surface area contributed by atoms with Crippen LogP contribution in [0.1, 0.15) is 42.9 Å². The molecule has 1 aliphatic carbocycles. The van der Waals surface area contributed by atoms with E-state index in [4.69, 9.17) is 5.73 Å². The van der Waals surface area contributed by atoms with Crippen LogP contribution in [-0.2, 0) is 6.18 Å². The molecule has 0 bridgehead atoms. The number of alkyl halides is 3. The number of nitrogens with two attached hydrogens (primary N) is 1. The maximum Gasteiger partial charge on any atom is 0.416 e. The minimum atomic E-state index is -4.58. The van der Waals surface area contributed by atoms with E-state index in [0.717, 1.165) is 12.5 Å². The van der Waals surface area contributed by atoms with Crippen LogP contribution in [0, 0.1) is 11.7 Å². The van der Waals surface area contributed by atoms with Gasteiger partial charge in [-0.3, -0.25) is 0 Å². The summed E-state index contributed by atoms with van der Waals surface area (Å²) in [4.78, 5) is 0. The second-order valence-corrected chi connectivity index (χ2v) is 5.56. The largest absolute Gasteiger partial charge is 0.416 e. The Morgan fingerprint density at radius 3 is 2.52 bits per heavy atom. The molecule has 0 aromatic heterocycles. The lowest BCUT2D eigenvalue weighted by Gasteiger charge is -2.27. The predicted octanol–water partition coefficient (Wildman–Crippen LogP) is 3.62. The van der Waals surface area contributed by atoms with Crippen molar-refractivity contribution in [2.75, 3.05) is 13.1 Å². The van der Waals surface area contributed by atoms with Crippen LogP contribution in [0.25, 0.3) is 0 Å². The summed E-state index contributed by atoms with van der Waals surface area (Å²) >= 11 is 0. The third kappa shape index (κ3) is 4.17. The van der Waals surface area contributed by atoms with Crippen LogP contribution < -0.4 is 11.1 Å². The number of rotatable bonds is 6. The average molecular weight is 304 g/mol. The van der Waals surface area contributed by atoms with Gasteiger partial charge in [-0.2, -0.15) is 13.2 Å². The first-order valence-corrected chi connectivity index (χ1v) is 7.22. The maximum absolute atomic E-state index is 13.1. The molecule has 1 aromatic rings. The standard InChI is InChI=1S/C15H20F4N2/c16-11-4-5-12(13(8-11)15(17,18)19)14(9-20)21-7-6-10-2-1-3-10/h4-5,8,10,14,21H,1-3,6-7,9,20H2. The monoisotopic (exact) mass is 304 g/mol. The maximum atomic E-state index is 13.1. The fourth-order valence-electron chi connectivity index (χ4n) is 2.64. The average Bonchev–Trinajstić information content (AvgIpc) is 2.36. The number of halogens is 4. The van der Waals surface area contributed by atoms with Gasteiger partial charge in [0.1, 0.15) is 5.82 Å². The van der Waals surface area contributed by atoms with Crippen molar-refractivity contribution >= 4 is 0 Å². The zero-order valence-electron chi connectivity index (χ0n) is 11.7. The number of hydrogen-bond donors (Lipinski definition) is 2. The molecule has 2 nitrogen and oxygen atoms in total. The second-order valence-electron chi connectivity index (χ2n) is 5.56. The molecule has 21 heavy (non-hydrogen) atoms. The molecule has 3 N–H and O–H groups in total. The Balaban J connectivity index is 2.08. The molecule has 1 unspecified atom stereocenters. The first-order chi connectivity index (χ1) is 9.91. The predicted molar refractivity (Wildman–Crippen MR) is 73.2 cm³/mol. The van der Waals surface area contributed by atoms with Gasteiger partial charge < -0.3 is 11.1 Å². The number of nitrogens with one attached hydrogen (secondary N) is 1. The van der Waals surface area contributed by atoms with Crippen LogP contribution in [0.4, 0.5) is 17.6 Å². The SMILES string of the molecule is NCC(NCCC1CCC1)c1ccc(F)cc1C(F)(F)F. The third-order valence-corrected chi connectivity index (χ3v) is 4.10. The molecule has 0 radical (unpaired) electrons. The van der Waals surface area contributed by atoms with E-state index in [1.165, 1.54) is 25.3 Å². The highest BCUT2D eigenvalue weighted by atomic mass is 19.4. The van der Waals surface area contributed by atoms with Crippen molar-refractivity contribution in [1.29, 1.82) is 0 Å². The molecular formula is C15H20F4N2. The lowest BCUT2D eigenvalue weighted by atomic mass is 9.83. The van der Waals surface area contributed by atoms with Crippen LogP contribution in [0.2, 0.25) is 0 Å². The highest BCUT2D eigenvalue weighted by Gasteiger charge is 2.35. The molecule has 1 fully saturated rings.